The lowest BCUT2D eigenvalue weighted by molar-refractivity contribution is -0.161. The van der Waals surface area contributed by atoms with Crippen molar-refractivity contribution in [3.05, 3.63) is 12.2 Å². The number of carboxylic acid groups (broad SMARTS) is 1. The van der Waals surface area contributed by atoms with Gasteiger partial charge in [0.1, 0.15) is 12.6 Å². The van der Waals surface area contributed by atoms with Crippen molar-refractivity contribution in [3.63, 3.8) is 0 Å². The van der Waals surface area contributed by atoms with E-state index in [2.05, 4.69) is 30.5 Å². The highest BCUT2D eigenvalue weighted by Gasteiger charge is 2.28. The standard InChI is InChI=1S/C35H66NO10P/c1-3-5-7-9-11-12-13-14-15-16-17-18-19-21-23-25-27-34(38)46-31(29-44-47(41,42)45-30-32(36)35(39)40)28-43-33(37)26-24-22-20-10-8-6-4-2/h15-16,31-32H,3-14,17-30,36H2,1-2H3,(H,39,40)(H,41,42)/b16-15-. The third kappa shape index (κ3) is 31.3. The molecule has 0 aromatic rings. The first-order valence-electron chi connectivity index (χ1n) is 18.2. The zero-order chi connectivity index (χ0) is 35.0. The lowest BCUT2D eigenvalue weighted by Gasteiger charge is -2.20. The Hall–Kier alpha value is -1.78. The van der Waals surface area contributed by atoms with E-state index in [1.54, 1.807) is 0 Å². The van der Waals surface area contributed by atoms with Gasteiger partial charge >= 0.3 is 25.7 Å². The van der Waals surface area contributed by atoms with Crippen LogP contribution in [0, 0.1) is 0 Å². The molecule has 11 nitrogen and oxygen atoms in total. The van der Waals surface area contributed by atoms with Gasteiger partial charge in [-0.3, -0.25) is 23.4 Å². The summed E-state index contributed by atoms with van der Waals surface area (Å²) in [5, 5.41) is 8.83. The monoisotopic (exact) mass is 691 g/mol. The van der Waals surface area contributed by atoms with Crippen molar-refractivity contribution in [1.82, 2.24) is 0 Å². The lowest BCUT2D eigenvalue weighted by Crippen LogP contribution is -2.34. The number of rotatable bonds is 34. The van der Waals surface area contributed by atoms with Crippen molar-refractivity contribution in [2.75, 3.05) is 19.8 Å². The van der Waals surface area contributed by atoms with Crippen molar-refractivity contribution in [1.29, 1.82) is 0 Å². The fourth-order valence-corrected chi connectivity index (χ4v) is 5.60. The van der Waals surface area contributed by atoms with Crippen LogP contribution in [0.1, 0.15) is 162 Å². The van der Waals surface area contributed by atoms with Gasteiger partial charge in [-0.05, 0) is 38.5 Å². The molecule has 0 radical (unpaired) electrons. The second kappa shape index (κ2) is 31.5. The number of carboxylic acids is 1. The quantitative estimate of drug-likeness (QED) is 0.0255. The largest absolute Gasteiger partial charge is 0.480 e. The Morgan fingerprint density at radius 2 is 1.06 bits per heavy atom. The van der Waals surface area contributed by atoms with Crippen molar-refractivity contribution in [2.45, 2.75) is 174 Å². The van der Waals surface area contributed by atoms with E-state index < -0.39 is 51.1 Å². The SMILES string of the molecule is CCCCCCCCC/C=C\CCCCCCCC(=O)OC(COC(=O)CCCCCCCCC)COP(=O)(O)OCC(N)C(=O)O. The van der Waals surface area contributed by atoms with E-state index in [4.69, 9.17) is 24.8 Å². The topological polar surface area (TPSA) is 172 Å². The molecule has 0 spiro atoms. The minimum Gasteiger partial charge on any atom is -0.480 e. The molecule has 4 N–H and O–H groups in total. The Morgan fingerprint density at radius 3 is 1.55 bits per heavy atom. The van der Waals surface area contributed by atoms with Crippen LogP contribution in [0.25, 0.3) is 0 Å². The molecule has 0 heterocycles. The zero-order valence-corrected chi connectivity index (χ0v) is 30.3. The molecular weight excluding hydrogens is 625 g/mol. The molecule has 0 aromatic heterocycles. The molecule has 0 aliphatic carbocycles. The van der Waals surface area contributed by atoms with Crippen LogP contribution in [0.3, 0.4) is 0 Å². The molecule has 3 atom stereocenters. The summed E-state index contributed by atoms with van der Waals surface area (Å²) in [5.74, 6) is -2.39. The van der Waals surface area contributed by atoms with E-state index in [0.717, 1.165) is 57.8 Å². The summed E-state index contributed by atoms with van der Waals surface area (Å²) >= 11 is 0. The smallest absolute Gasteiger partial charge is 0.472 e. The highest BCUT2D eigenvalue weighted by atomic mass is 31.2. The number of aliphatic carboxylic acids is 1. The van der Waals surface area contributed by atoms with Crippen LogP contribution in [0.4, 0.5) is 0 Å². The average Bonchev–Trinajstić information content (AvgIpc) is 3.04. The summed E-state index contributed by atoms with van der Waals surface area (Å²) in [4.78, 5) is 45.5. The molecule has 47 heavy (non-hydrogen) atoms. The number of carbonyl (C=O) groups excluding carboxylic acids is 2. The van der Waals surface area contributed by atoms with Crippen molar-refractivity contribution in [3.8, 4) is 0 Å². The molecule has 0 saturated carbocycles. The average molecular weight is 692 g/mol. The summed E-state index contributed by atoms with van der Waals surface area (Å²) in [7, 11) is -4.70. The predicted molar refractivity (Wildman–Crippen MR) is 185 cm³/mol. The molecule has 0 aliphatic heterocycles. The van der Waals surface area contributed by atoms with Gasteiger partial charge in [0.2, 0.25) is 0 Å². The molecule has 0 aliphatic rings. The van der Waals surface area contributed by atoms with Gasteiger partial charge < -0.3 is 25.2 Å². The first kappa shape index (κ1) is 45.2. The van der Waals surface area contributed by atoms with E-state index in [1.807, 2.05) is 0 Å². The van der Waals surface area contributed by atoms with Crippen LogP contribution in [0.5, 0.6) is 0 Å². The van der Waals surface area contributed by atoms with Gasteiger partial charge in [-0.2, -0.15) is 0 Å². The van der Waals surface area contributed by atoms with E-state index in [0.29, 0.717) is 12.8 Å². The van der Waals surface area contributed by atoms with Gasteiger partial charge in [-0.15, -0.1) is 0 Å². The summed E-state index contributed by atoms with van der Waals surface area (Å²) in [6.45, 7) is 2.72. The van der Waals surface area contributed by atoms with Crippen LogP contribution in [-0.2, 0) is 37.5 Å². The predicted octanol–water partition coefficient (Wildman–Crippen LogP) is 8.56. The number of allylic oxidation sites excluding steroid dienone is 2. The summed E-state index contributed by atoms with van der Waals surface area (Å²) in [6.07, 6.45) is 27.4. The number of hydrogen-bond donors (Lipinski definition) is 3. The van der Waals surface area contributed by atoms with E-state index >= 15 is 0 Å². The van der Waals surface area contributed by atoms with Gasteiger partial charge in [0.05, 0.1) is 13.2 Å². The third-order valence-corrected chi connectivity index (χ3v) is 8.71. The van der Waals surface area contributed by atoms with E-state index in [9.17, 15) is 23.8 Å². The molecule has 0 amide bonds. The number of carbonyl (C=O) groups is 3. The van der Waals surface area contributed by atoms with Crippen molar-refractivity contribution >= 4 is 25.7 Å². The van der Waals surface area contributed by atoms with Gasteiger partial charge in [0, 0.05) is 12.8 Å². The maximum Gasteiger partial charge on any atom is 0.472 e. The minimum atomic E-state index is -4.70. The minimum absolute atomic E-state index is 0.154. The van der Waals surface area contributed by atoms with Crippen molar-refractivity contribution < 1.29 is 47.5 Å². The number of phosphoric acid groups is 1. The van der Waals surface area contributed by atoms with E-state index in [-0.39, 0.29) is 19.4 Å². The van der Waals surface area contributed by atoms with Crippen molar-refractivity contribution in [2.24, 2.45) is 5.73 Å². The van der Waals surface area contributed by atoms with Gasteiger partial charge in [0.15, 0.2) is 6.10 Å². The zero-order valence-electron chi connectivity index (χ0n) is 29.4. The molecule has 276 valence electrons. The summed E-state index contributed by atoms with van der Waals surface area (Å²) < 4.78 is 32.4. The highest BCUT2D eigenvalue weighted by Crippen LogP contribution is 2.43. The van der Waals surface area contributed by atoms with Gasteiger partial charge in [-0.25, -0.2) is 4.57 Å². The Balaban J connectivity index is 4.40. The Kier molecular flexibility index (Phi) is 30.3. The fourth-order valence-electron chi connectivity index (χ4n) is 4.82. The molecular formula is C35H66NO10P. The normalized spacial score (nSPS) is 14.1. The first-order valence-corrected chi connectivity index (χ1v) is 19.7. The molecule has 12 heteroatoms. The molecule has 0 bridgehead atoms. The number of phosphoric ester groups is 1. The van der Waals surface area contributed by atoms with Crippen LogP contribution in [0.2, 0.25) is 0 Å². The number of ether oxygens (including phenoxy) is 2. The molecule has 0 rings (SSSR count). The fraction of sp³-hybridized carbons (Fsp3) is 0.857. The second-order valence-electron chi connectivity index (χ2n) is 12.4. The maximum atomic E-state index is 12.5. The van der Waals surface area contributed by atoms with E-state index in [1.165, 1.54) is 64.2 Å². The molecule has 0 aromatic carbocycles. The first-order chi connectivity index (χ1) is 22.6. The molecule has 0 saturated heterocycles. The second-order valence-corrected chi connectivity index (χ2v) is 13.8. The van der Waals surface area contributed by atoms with Gasteiger partial charge in [-0.1, -0.05) is 122 Å². The van der Waals surface area contributed by atoms with Crippen LogP contribution >= 0.6 is 7.82 Å². The Morgan fingerprint density at radius 1 is 0.638 bits per heavy atom. The Bertz CT molecular complexity index is 869. The summed E-state index contributed by atoms with van der Waals surface area (Å²) in [5.41, 5.74) is 5.30. The number of nitrogens with two attached hydrogens (primary N) is 1. The molecule has 3 unspecified atom stereocenters. The van der Waals surface area contributed by atoms with Crippen LogP contribution in [-0.4, -0.2) is 59.9 Å². The molecule has 0 fully saturated rings. The van der Waals surface area contributed by atoms with Gasteiger partial charge in [0.25, 0.3) is 0 Å². The third-order valence-electron chi connectivity index (χ3n) is 7.76. The lowest BCUT2D eigenvalue weighted by atomic mass is 10.1. The van der Waals surface area contributed by atoms with Crippen LogP contribution < -0.4 is 5.73 Å². The maximum absolute atomic E-state index is 12.5. The summed E-state index contributed by atoms with van der Waals surface area (Å²) in [6, 6.07) is -1.52. The number of unbranched alkanes of at least 4 members (excludes halogenated alkanes) is 18. The van der Waals surface area contributed by atoms with Crippen LogP contribution in [0.15, 0.2) is 12.2 Å². The number of esters is 2. The highest BCUT2D eigenvalue weighted by molar-refractivity contribution is 7.47. The Labute approximate surface area is 284 Å². The number of hydrogen-bond acceptors (Lipinski definition) is 9.